The van der Waals surface area contributed by atoms with Crippen molar-refractivity contribution in [1.29, 1.82) is 0 Å². The van der Waals surface area contributed by atoms with Gasteiger partial charge in [0, 0.05) is 55.7 Å². The van der Waals surface area contributed by atoms with Gasteiger partial charge in [-0.1, -0.05) is 27.2 Å². The van der Waals surface area contributed by atoms with Crippen molar-refractivity contribution in [3.63, 3.8) is 0 Å². The largest absolute Gasteiger partial charge is 0.481 e. The van der Waals surface area contributed by atoms with Crippen LogP contribution in [0, 0.1) is 11.3 Å². The highest BCUT2D eigenvalue weighted by Gasteiger charge is 2.48. The number of unbranched alkanes of at least 4 members (excludes halogenated alkanes) is 2. The molecule has 0 aliphatic carbocycles. The second-order valence-electron chi connectivity index (χ2n) is 13.5. The number of rotatable bonds is 16. The van der Waals surface area contributed by atoms with Crippen molar-refractivity contribution >= 4 is 17.8 Å². The maximum absolute atomic E-state index is 13.8. The van der Waals surface area contributed by atoms with Gasteiger partial charge in [0.1, 0.15) is 0 Å². The minimum absolute atomic E-state index is 0.0122. The molecule has 2 amide bonds. The van der Waals surface area contributed by atoms with E-state index in [1.54, 1.807) is 6.07 Å². The van der Waals surface area contributed by atoms with Crippen LogP contribution in [0.4, 0.5) is 0 Å². The zero-order valence-corrected chi connectivity index (χ0v) is 27.2. The number of hydrogen-bond acceptors (Lipinski definition) is 8. The Bertz CT molecular complexity index is 1170. The summed E-state index contributed by atoms with van der Waals surface area (Å²) in [6, 6.07) is 3.18. The van der Waals surface area contributed by atoms with Crippen molar-refractivity contribution in [2.75, 3.05) is 66.7 Å². The third-order valence-electron chi connectivity index (χ3n) is 9.53. The summed E-state index contributed by atoms with van der Waals surface area (Å²) >= 11 is 0. The molecular weight excluding hydrogens is 564 g/mol. The maximum atomic E-state index is 13.8. The van der Waals surface area contributed by atoms with Crippen LogP contribution >= 0.6 is 0 Å². The number of fused-ring (bicyclic) bond motifs is 1. The molecule has 3 aliphatic rings. The van der Waals surface area contributed by atoms with Crippen LogP contribution in [0.2, 0.25) is 0 Å². The van der Waals surface area contributed by atoms with Crippen LogP contribution in [0.25, 0.3) is 0 Å². The number of likely N-dealkylation sites (tertiary alicyclic amines) is 2. The van der Waals surface area contributed by atoms with E-state index < -0.39 is 29.3 Å². The summed E-state index contributed by atoms with van der Waals surface area (Å²) in [5.74, 6) is -1.08. The maximum Gasteiger partial charge on any atom is 0.308 e. The molecule has 2 fully saturated rings. The number of nitrogens with zero attached hydrogens (tertiary/aromatic N) is 4. The topological polar surface area (TPSA) is 123 Å². The second-order valence-corrected chi connectivity index (χ2v) is 13.5. The first kappa shape index (κ1) is 34.0. The normalized spacial score (nSPS) is 22.8. The monoisotopic (exact) mass is 616 g/mol. The van der Waals surface area contributed by atoms with Crippen molar-refractivity contribution in [2.24, 2.45) is 11.3 Å². The molecule has 3 atom stereocenters. The van der Waals surface area contributed by atoms with Crippen LogP contribution in [0.1, 0.15) is 76.3 Å². The smallest absolute Gasteiger partial charge is 0.308 e. The van der Waals surface area contributed by atoms with E-state index in [9.17, 15) is 24.6 Å². The standard InChI is InChI=1S/C33H52N4O7/c1-6-7-13-35(14-9-8-12-34(4)5)28(39)20-37-19-25(23-17-24(21-38)30-27(18-23)43-22-44-30)29(31(40)41)26(37)10-15-36-16-11-33(2,3)32(36)42/h17-18,25-26,29,38H,6-16,19-22H2,1-5H3,(H,40,41)/t25-,26+,29-/m1/s1. The summed E-state index contributed by atoms with van der Waals surface area (Å²) in [7, 11) is 4.09. The number of amides is 2. The summed E-state index contributed by atoms with van der Waals surface area (Å²) in [6.45, 7) is 9.72. The molecule has 3 aliphatic heterocycles. The van der Waals surface area contributed by atoms with Gasteiger partial charge < -0.3 is 34.4 Å². The molecule has 0 radical (unpaired) electrons. The molecule has 1 aromatic carbocycles. The number of carboxylic acid groups (broad SMARTS) is 1. The molecule has 11 heteroatoms. The van der Waals surface area contributed by atoms with Crippen LogP contribution in [0.15, 0.2) is 12.1 Å². The lowest BCUT2D eigenvalue weighted by Crippen LogP contribution is -2.46. The lowest BCUT2D eigenvalue weighted by Gasteiger charge is -2.31. The molecule has 2 N–H and O–H groups in total. The zero-order chi connectivity index (χ0) is 32.0. The predicted octanol–water partition coefficient (Wildman–Crippen LogP) is 3.00. The Kier molecular flexibility index (Phi) is 11.5. The van der Waals surface area contributed by atoms with Crippen LogP contribution in [-0.4, -0.2) is 120 Å². The molecule has 0 unspecified atom stereocenters. The minimum atomic E-state index is -0.933. The molecule has 0 aromatic heterocycles. The number of ether oxygens (including phenoxy) is 2. The van der Waals surface area contributed by atoms with Crippen LogP contribution in [0.5, 0.6) is 11.5 Å². The number of aliphatic hydroxyl groups excluding tert-OH is 1. The first-order valence-corrected chi connectivity index (χ1v) is 16.2. The summed E-state index contributed by atoms with van der Waals surface area (Å²) in [6.07, 6.45) is 5.02. The first-order valence-electron chi connectivity index (χ1n) is 16.2. The van der Waals surface area contributed by atoms with Gasteiger partial charge in [-0.3, -0.25) is 19.3 Å². The molecule has 246 valence electrons. The third-order valence-corrected chi connectivity index (χ3v) is 9.53. The van der Waals surface area contributed by atoms with Gasteiger partial charge >= 0.3 is 5.97 Å². The van der Waals surface area contributed by atoms with Gasteiger partial charge in [-0.2, -0.15) is 0 Å². The molecular formula is C33H52N4O7. The van der Waals surface area contributed by atoms with Crippen molar-refractivity contribution in [3.8, 4) is 11.5 Å². The Morgan fingerprint density at radius 1 is 1.09 bits per heavy atom. The zero-order valence-electron chi connectivity index (χ0n) is 27.2. The number of benzene rings is 1. The predicted molar refractivity (Wildman–Crippen MR) is 167 cm³/mol. The third kappa shape index (κ3) is 7.84. The van der Waals surface area contributed by atoms with E-state index >= 15 is 0 Å². The summed E-state index contributed by atoms with van der Waals surface area (Å²) in [5, 5.41) is 20.7. The average Bonchev–Trinajstić information content (AvgIpc) is 3.66. The number of aliphatic carboxylic acids is 1. The molecule has 0 saturated carbocycles. The fraction of sp³-hybridized carbons (Fsp3) is 0.727. The van der Waals surface area contributed by atoms with Crippen molar-refractivity contribution in [2.45, 2.75) is 77.9 Å². The summed E-state index contributed by atoms with van der Waals surface area (Å²) < 4.78 is 11.2. The van der Waals surface area contributed by atoms with Crippen molar-refractivity contribution < 1.29 is 34.1 Å². The Balaban J connectivity index is 1.59. The number of carbonyl (C=O) groups is 3. The number of hydrogen-bond donors (Lipinski definition) is 2. The highest BCUT2D eigenvalue weighted by Crippen LogP contribution is 2.45. The van der Waals surface area contributed by atoms with E-state index in [1.165, 1.54) is 0 Å². The number of carboxylic acids is 1. The van der Waals surface area contributed by atoms with Gasteiger partial charge in [0.05, 0.1) is 19.1 Å². The average molecular weight is 617 g/mol. The second kappa shape index (κ2) is 14.9. The molecule has 1 aromatic rings. The van der Waals surface area contributed by atoms with Gasteiger partial charge in [0.2, 0.25) is 18.6 Å². The summed E-state index contributed by atoms with van der Waals surface area (Å²) in [5.41, 5.74) is 0.883. The molecule has 2 saturated heterocycles. The Labute approximate surface area is 262 Å². The Morgan fingerprint density at radius 2 is 1.82 bits per heavy atom. The fourth-order valence-electron chi connectivity index (χ4n) is 6.90. The van der Waals surface area contributed by atoms with E-state index in [1.807, 2.05) is 48.7 Å². The lowest BCUT2D eigenvalue weighted by atomic mass is 9.83. The quantitative estimate of drug-likeness (QED) is 0.270. The molecule has 11 nitrogen and oxygen atoms in total. The van der Waals surface area contributed by atoms with Crippen LogP contribution in [-0.2, 0) is 21.0 Å². The SMILES string of the molecule is CCCCN(CCCCN(C)C)C(=O)CN1C[C@H](c2cc(CO)c3c(c2)OCO3)[C@@H](C(=O)O)[C@@H]1CCN1CCC(C)(C)C1=O. The van der Waals surface area contributed by atoms with Crippen LogP contribution in [0.3, 0.4) is 0 Å². The lowest BCUT2D eigenvalue weighted by molar-refractivity contribution is -0.144. The van der Waals surface area contributed by atoms with E-state index in [0.717, 1.165) is 44.2 Å². The Morgan fingerprint density at radius 3 is 2.45 bits per heavy atom. The highest BCUT2D eigenvalue weighted by atomic mass is 16.7. The van der Waals surface area contributed by atoms with Gasteiger partial charge in [0.15, 0.2) is 11.5 Å². The number of carbonyl (C=O) groups excluding carboxylic acids is 2. The van der Waals surface area contributed by atoms with Crippen molar-refractivity contribution in [3.05, 3.63) is 23.3 Å². The van der Waals surface area contributed by atoms with Gasteiger partial charge in [-0.05, 0) is 70.4 Å². The highest BCUT2D eigenvalue weighted by molar-refractivity contribution is 5.84. The van der Waals surface area contributed by atoms with Crippen LogP contribution < -0.4 is 9.47 Å². The van der Waals surface area contributed by atoms with E-state index in [4.69, 9.17) is 9.47 Å². The Hall–Kier alpha value is -2.89. The summed E-state index contributed by atoms with van der Waals surface area (Å²) in [4.78, 5) is 47.8. The molecule has 44 heavy (non-hydrogen) atoms. The van der Waals surface area contributed by atoms with E-state index in [-0.39, 0.29) is 31.8 Å². The fourth-order valence-corrected chi connectivity index (χ4v) is 6.90. The van der Waals surface area contributed by atoms with Gasteiger partial charge in [0.25, 0.3) is 0 Å². The molecule has 4 rings (SSSR count). The molecule has 0 spiro atoms. The van der Waals surface area contributed by atoms with Gasteiger partial charge in [-0.15, -0.1) is 0 Å². The first-order chi connectivity index (χ1) is 21.0. The number of aliphatic hydroxyl groups is 1. The van der Waals surface area contributed by atoms with E-state index in [2.05, 4.69) is 11.8 Å². The molecule has 3 heterocycles. The van der Waals surface area contributed by atoms with Gasteiger partial charge in [-0.25, -0.2) is 0 Å². The van der Waals surface area contributed by atoms with Crippen molar-refractivity contribution in [1.82, 2.24) is 19.6 Å². The van der Waals surface area contributed by atoms with E-state index in [0.29, 0.717) is 56.2 Å². The molecule has 0 bridgehead atoms. The minimum Gasteiger partial charge on any atom is -0.481 e.